The molecule has 0 aliphatic heterocycles. The van der Waals surface area contributed by atoms with Gasteiger partial charge >= 0.3 is 0 Å². The van der Waals surface area contributed by atoms with Gasteiger partial charge in [-0.05, 0) is 18.3 Å². The molecule has 0 fully saturated rings. The molecule has 0 spiro atoms. The first-order valence-corrected chi connectivity index (χ1v) is 5.42. The number of rotatable bonds is 6. The molecule has 0 aromatic heterocycles. The van der Waals surface area contributed by atoms with E-state index in [0.29, 0.717) is 18.4 Å². The standard InChI is InChI=1S/C11H24N2O.ClH/c1-11(2,3)7-4-5-9-13-10(14)6-8-12;/h4-9,12H2,1-3H3,(H,13,14);1H. The second kappa shape index (κ2) is 8.98. The highest BCUT2D eigenvalue weighted by Gasteiger charge is 2.08. The van der Waals surface area contributed by atoms with Gasteiger partial charge in [0.1, 0.15) is 0 Å². The van der Waals surface area contributed by atoms with E-state index < -0.39 is 0 Å². The zero-order chi connectivity index (χ0) is 11.0. The van der Waals surface area contributed by atoms with Gasteiger partial charge in [0, 0.05) is 19.5 Å². The van der Waals surface area contributed by atoms with Crippen LogP contribution in [0.5, 0.6) is 0 Å². The molecule has 1 amide bonds. The number of nitrogens with two attached hydrogens (primary N) is 1. The van der Waals surface area contributed by atoms with Crippen LogP contribution in [0.2, 0.25) is 0 Å². The van der Waals surface area contributed by atoms with Crippen LogP contribution in [0.4, 0.5) is 0 Å². The summed E-state index contributed by atoms with van der Waals surface area (Å²) in [5, 5.41) is 2.85. The Bertz CT molecular complexity index is 166. The lowest BCUT2D eigenvalue weighted by atomic mass is 9.90. The van der Waals surface area contributed by atoms with Gasteiger partial charge in [-0.3, -0.25) is 4.79 Å². The van der Waals surface area contributed by atoms with Crippen LogP contribution in [-0.4, -0.2) is 19.0 Å². The van der Waals surface area contributed by atoms with Gasteiger partial charge in [0.25, 0.3) is 0 Å². The third-order valence-corrected chi connectivity index (χ3v) is 2.05. The van der Waals surface area contributed by atoms with Crippen LogP contribution in [0, 0.1) is 5.41 Å². The van der Waals surface area contributed by atoms with Crippen molar-refractivity contribution in [3.63, 3.8) is 0 Å². The van der Waals surface area contributed by atoms with E-state index in [9.17, 15) is 4.79 Å². The number of nitrogens with one attached hydrogen (secondary N) is 1. The molecule has 3 N–H and O–H groups in total. The Morgan fingerprint density at radius 3 is 2.33 bits per heavy atom. The van der Waals surface area contributed by atoms with Crippen molar-refractivity contribution in [1.82, 2.24) is 5.32 Å². The average Bonchev–Trinajstić information content (AvgIpc) is 2.02. The van der Waals surface area contributed by atoms with Crippen molar-refractivity contribution in [1.29, 1.82) is 0 Å². The molecule has 0 unspecified atom stereocenters. The van der Waals surface area contributed by atoms with Crippen LogP contribution in [0.15, 0.2) is 0 Å². The molecule has 0 atom stereocenters. The fourth-order valence-corrected chi connectivity index (χ4v) is 1.23. The van der Waals surface area contributed by atoms with E-state index in [-0.39, 0.29) is 18.3 Å². The Morgan fingerprint density at radius 2 is 1.87 bits per heavy atom. The number of hydrogen-bond donors (Lipinski definition) is 2. The van der Waals surface area contributed by atoms with Crippen LogP contribution in [0.1, 0.15) is 46.5 Å². The summed E-state index contributed by atoms with van der Waals surface area (Å²) >= 11 is 0. The highest BCUT2D eigenvalue weighted by Crippen LogP contribution is 2.20. The minimum absolute atomic E-state index is 0. The first-order valence-electron chi connectivity index (χ1n) is 5.42. The Morgan fingerprint density at radius 1 is 1.27 bits per heavy atom. The predicted octanol–water partition coefficient (Wildman–Crippen LogP) is 2.09. The summed E-state index contributed by atoms with van der Waals surface area (Å²) in [6.45, 7) is 7.93. The molecule has 0 saturated heterocycles. The molecular weight excluding hydrogens is 212 g/mol. The fraction of sp³-hybridized carbons (Fsp3) is 0.909. The van der Waals surface area contributed by atoms with Crippen molar-refractivity contribution < 1.29 is 4.79 Å². The minimum atomic E-state index is 0. The molecule has 0 saturated carbocycles. The molecule has 15 heavy (non-hydrogen) atoms. The molecule has 92 valence electrons. The number of carbonyl (C=O) groups excluding carboxylic acids is 1. The second-order valence-electron chi connectivity index (χ2n) is 4.91. The van der Waals surface area contributed by atoms with Crippen molar-refractivity contribution in [3.05, 3.63) is 0 Å². The van der Waals surface area contributed by atoms with Crippen LogP contribution >= 0.6 is 12.4 Å². The Kier molecular flexibility index (Phi) is 10.3. The maximum absolute atomic E-state index is 11.0. The van der Waals surface area contributed by atoms with Crippen molar-refractivity contribution in [2.45, 2.75) is 46.5 Å². The second-order valence-corrected chi connectivity index (χ2v) is 4.91. The molecule has 0 aliphatic rings. The molecule has 0 aromatic carbocycles. The summed E-state index contributed by atoms with van der Waals surface area (Å²) in [6, 6.07) is 0. The van der Waals surface area contributed by atoms with Gasteiger partial charge in [-0.2, -0.15) is 0 Å². The van der Waals surface area contributed by atoms with E-state index in [1.807, 2.05) is 0 Å². The Balaban J connectivity index is 0. The van der Waals surface area contributed by atoms with E-state index in [2.05, 4.69) is 26.1 Å². The minimum Gasteiger partial charge on any atom is -0.356 e. The average molecular weight is 237 g/mol. The normalized spacial score (nSPS) is 10.7. The van der Waals surface area contributed by atoms with E-state index in [4.69, 9.17) is 5.73 Å². The van der Waals surface area contributed by atoms with Gasteiger partial charge in [-0.25, -0.2) is 0 Å². The SMILES string of the molecule is CC(C)(C)CCCCNC(=O)CCN.Cl. The van der Waals surface area contributed by atoms with Crippen molar-refractivity contribution >= 4 is 18.3 Å². The fourth-order valence-electron chi connectivity index (χ4n) is 1.23. The van der Waals surface area contributed by atoms with Gasteiger partial charge in [-0.1, -0.05) is 27.2 Å². The van der Waals surface area contributed by atoms with Gasteiger partial charge in [-0.15, -0.1) is 12.4 Å². The lowest BCUT2D eigenvalue weighted by Crippen LogP contribution is -2.26. The number of hydrogen-bond acceptors (Lipinski definition) is 2. The van der Waals surface area contributed by atoms with Gasteiger partial charge in [0.15, 0.2) is 0 Å². The van der Waals surface area contributed by atoms with Gasteiger partial charge < -0.3 is 11.1 Å². The summed E-state index contributed by atoms with van der Waals surface area (Å²) in [5.74, 6) is 0.0725. The van der Waals surface area contributed by atoms with E-state index >= 15 is 0 Å². The Hall–Kier alpha value is -0.280. The molecule has 0 heterocycles. The quantitative estimate of drug-likeness (QED) is 0.694. The first-order chi connectivity index (χ1) is 6.45. The topological polar surface area (TPSA) is 55.1 Å². The zero-order valence-electron chi connectivity index (χ0n) is 10.1. The number of amides is 1. The number of halogens is 1. The highest BCUT2D eigenvalue weighted by molar-refractivity contribution is 5.85. The van der Waals surface area contributed by atoms with Crippen LogP contribution in [0.3, 0.4) is 0 Å². The summed E-state index contributed by atoms with van der Waals surface area (Å²) < 4.78 is 0. The van der Waals surface area contributed by atoms with E-state index in [1.165, 1.54) is 12.8 Å². The summed E-state index contributed by atoms with van der Waals surface area (Å²) in [6.07, 6.45) is 3.89. The first kappa shape index (κ1) is 17.1. The lowest BCUT2D eigenvalue weighted by molar-refractivity contribution is -0.120. The van der Waals surface area contributed by atoms with Gasteiger partial charge in [0.05, 0.1) is 0 Å². The van der Waals surface area contributed by atoms with Gasteiger partial charge in [0.2, 0.25) is 5.91 Å². The maximum Gasteiger partial charge on any atom is 0.221 e. The number of carbonyl (C=O) groups is 1. The monoisotopic (exact) mass is 236 g/mol. The largest absolute Gasteiger partial charge is 0.356 e. The smallest absolute Gasteiger partial charge is 0.221 e. The molecule has 0 radical (unpaired) electrons. The zero-order valence-corrected chi connectivity index (χ0v) is 11.0. The maximum atomic E-state index is 11.0. The van der Waals surface area contributed by atoms with Crippen molar-refractivity contribution in [3.8, 4) is 0 Å². The lowest BCUT2D eigenvalue weighted by Gasteiger charge is -2.17. The third-order valence-electron chi connectivity index (χ3n) is 2.05. The molecular formula is C11H25ClN2O. The molecule has 0 rings (SSSR count). The molecule has 4 heteroatoms. The molecule has 0 aliphatic carbocycles. The van der Waals surface area contributed by atoms with E-state index in [1.54, 1.807) is 0 Å². The molecule has 0 bridgehead atoms. The highest BCUT2D eigenvalue weighted by atomic mass is 35.5. The summed E-state index contributed by atoms with van der Waals surface area (Å²) in [7, 11) is 0. The Labute approximate surface area is 99.6 Å². The number of unbranched alkanes of at least 4 members (excludes halogenated alkanes) is 1. The van der Waals surface area contributed by atoms with Crippen LogP contribution in [-0.2, 0) is 4.79 Å². The van der Waals surface area contributed by atoms with Crippen LogP contribution in [0.25, 0.3) is 0 Å². The van der Waals surface area contributed by atoms with Crippen LogP contribution < -0.4 is 11.1 Å². The molecule has 3 nitrogen and oxygen atoms in total. The molecule has 0 aromatic rings. The van der Waals surface area contributed by atoms with Crippen molar-refractivity contribution in [2.75, 3.05) is 13.1 Å². The third kappa shape index (κ3) is 13.7. The summed E-state index contributed by atoms with van der Waals surface area (Å²) in [5.41, 5.74) is 5.66. The predicted molar refractivity (Wildman–Crippen MR) is 67.2 cm³/mol. The van der Waals surface area contributed by atoms with E-state index in [0.717, 1.165) is 13.0 Å². The summed E-state index contributed by atoms with van der Waals surface area (Å²) in [4.78, 5) is 11.0. The van der Waals surface area contributed by atoms with Crippen molar-refractivity contribution in [2.24, 2.45) is 11.1 Å².